The summed E-state index contributed by atoms with van der Waals surface area (Å²) < 4.78 is 4.75. The third kappa shape index (κ3) is 4.33. The molecule has 1 atom stereocenters. The number of hydrogen-bond donors (Lipinski definition) is 1. The molecule has 0 aromatic rings. The summed E-state index contributed by atoms with van der Waals surface area (Å²) in [4.78, 5) is 34.6. The minimum Gasteiger partial charge on any atom is -0.464 e. The number of cyclic esters (lactones) is 1. The molecule has 2 aliphatic rings. The van der Waals surface area contributed by atoms with Crippen molar-refractivity contribution in [3.05, 3.63) is 0 Å². The number of ether oxygens (including phenoxy) is 1. The van der Waals surface area contributed by atoms with Crippen LogP contribution < -0.4 is 5.32 Å². The lowest BCUT2D eigenvalue weighted by Gasteiger charge is -2.20. The molecule has 1 heterocycles. The Morgan fingerprint density at radius 2 is 1.89 bits per heavy atom. The molecule has 0 spiro atoms. The predicted molar refractivity (Wildman–Crippen MR) is 68.3 cm³/mol. The second-order valence-electron chi connectivity index (χ2n) is 5.50. The first-order valence-electron chi connectivity index (χ1n) is 7.13. The highest BCUT2D eigenvalue weighted by atomic mass is 16.5. The standard InChI is InChI=1S/C14H21NO4/c16-11(8-10-4-2-1-3-5-10)9-13(17)15-12-6-7-19-14(12)18/h10,12H,1-9H2,(H,15,17)/t12-/m1/s1. The van der Waals surface area contributed by atoms with E-state index < -0.39 is 12.0 Å². The van der Waals surface area contributed by atoms with Crippen LogP contribution >= 0.6 is 0 Å². The molecule has 0 aromatic heterocycles. The van der Waals surface area contributed by atoms with Gasteiger partial charge in [-0.2, -0.15) is 0 Å². The van der Waals surface area contributed by atoms with Crippen molar-refractivity contribution < 1.29 is 19.1 Å². The molecule has 106 valence electrons. The number of nitrogens with one attached hydrogen (secondary N) is 1. The minimum atomic E-state index is -0.560. The van der Waals surface area contributed by atoms with Crippen molar-refractivity contribution in [3.63, 3.8) is 0 Å². The van der Waals surface area contributed by atoms with Crippen LogP contribution in [0.2, 0.25) is 0 Å². The van der Waals surface area contributed by atoms with Crippen molar-refractivity contribution in [1.82, 2.24) is 5.32 Å². The average molecular weight is 267 g/mol. The molecular formula is C14H21NO4. The van der Waals surface area contributed by atoms with Gasteiger partial charge < -0.3 is 10.1 Å². The zero-order valence-corrected chi connectivity index (χ0v) is 11.2. The molecule has 1 saturated carbocycles. The smallest absolute Gasteiger partial charge is 0.328 e. The van der Waals surface area contributed by atoms with Crippen molar-refractivity contribution in [2.45, 2.75) is 57.4 Å². The molecule has 1 aliphatic heterocycles. The second kappa shape index (κ2) is 6.68. The molecule has 5 heteroatoms. The maximum absolute atomic E-state index is 11.8. The van der Waals surface area contributed by atoms with Crippen LogP contribution in [0.15, 0.2) is 0 Å². The summed E-state index contributed by atoms with van der Waals surface area (Å²) >= 11 is 0. The molecule has 1 saturated heterocycles. The zero-order valence-electron chi connectivity index (χ0n) is 11.2. The lowest BCUT2D eigenvalue weighted by Crippen LogP contribution is -2.38. The molecule has 0 radical (unpaired) electrons. The quantitative estimate of drug-likeness (QED) is 0.603. The van der Waals surface area contributed by atoms with Gasteiger partial charge in [-0.25, -0.2) is 4.79 Å². The fraction of sp³-hybridized carbons (Fsp3) is 0.786. The predicted octanol–water partition coefficient (Wildman–Crippen LogP) is 1.35. The Bertz CT molecular complexity index is 360. The molecule has 1 amide bonds. The van der Waals surface area contributed by atoms with E-state index in [4.69, 9.17) is 4.74 Å². The van der Waals surface area contributed by atoms with Gasteiger partial charge in [0.15, 0.2) is 0 Å². The molecule has 0 bridgehead atoms. The van der Waals surface area contributed by atoms with E-state index in [0.29, 0.717) is 25.4 Å². The Morgan fingerprint density at radius 1 is 1.16 bits per heavy atom. The van der Waals surface area contributed by atoms with Gasteiger partial charge in [0.25, 0.3) is 0 Å². The van der Waals surface area contributed by atoms with E-state index in [1.807, 2.05) is 0 Å². The Hall–Kier alpha value is -1.39. The van der Waals surface area contributed by atoms with Gasteiger partial charge >= 0.3 is 5.97 Å². The van der Waals surface area contributed by atoms with E-state index in [-0.39, 0.29) is 18.1 Å². The third-order valence-corrected chi connectivity index (χ3v) is 3.87. The summed E-state index contributed by atoms with van der Waals surface area (Å²) in [7, 11) is 0. The van der Waals surface area contributed by atoms with Crippen LogP contribution in [0.4, 0.5) is 0 Å². The van der Waals surface area contributed by atoms with Gasteiger partial charge in [-0.05, 0) is 5.92 Å². The largest absolute Gasteiger partial charge is 0.464 e. The van der Waals surface area contributed by atoms with Crippen LogP contribution in [0, 0.1) is 5.92 Å². The number of Topliss-reactive ketones (excluding diaryl/α,β-unsaturated/α-hetero) is 1. The van der Waals surface area contributed by atoms with Crippen LogP contribution in [0.1, 0.15) is 51.4 Å². The van der Waals surface area contributed by atoms with E-state index in [1.54, 1.807) is 0 Å². The molecule has 2 fully saturated rings. The number of ketones is 1. The van der Waals surface area contributed by atoms with Crippen LogP contribution in [0.3, 0.4) is 0 Å². The number of esters is 1. The van der Waals surface area contributed by atoms with Gasteiger partial charge in [0.1, 0.15) is 11.8 Å². The number of carbonyl (C=O) groups is 3. The van der Waals surface area contributed by atoms with Crippen molar-refractivity contribution in [3.8, 4) is 0 Å². The van der Waals surface area contributed by atoms with Crippen LogP contribution in [0.25, 0.3) is 0 Å². The fourth-order valence-corrected chi connectivity index (χ4v) is 2.84. The first-order chi connectivity index (χ1) is 9.15. The molecular weight excluding hydrogens is 246 g/mol. The average Bonchev–Trinajstić information content (AvgIpc) is 2.76. The maximum Gasteiger partial charge on any atom is 0.328 e. The summed E-state index contributed by atoms with van der Waals surface area (Å²) in [6.45, 7) is 0.347. The van der Waals surface area contributed by atoms with Gasteiger partial charge in [-0.1, -0.05) is 32.1 Å². The molecule has 0 unspecified atom stereocenters. The highest BCUT2D eigenvalue weighted by molar-refractivity contribution is 5.99. The molecule has 0 aromatic carbocycles. The first-order valence-corrected chi connectivity index (χ1v) is 7.13. The summed E-state index contributed by atoms with van der Waals surface area (Å²) in [5.41, 5.74) is 0. The highest BCUT2D eigenvalue weighted by Gasteiger charge is 2.28. The van der Waals surface area contributed by atoms with Gasteiger partial charge in [-0.3, -0.25) is 9.59 Å². The van der Waals surface area contributed by atoms with E-state index in [2.05, 4.69) is 5.32 Å². The summed E-state index contributed by atoms with van der Waals surface area (Å²) in [6.07, 6.45) is 6.74. The van der Waals surface area contributed by atoms with Crippen molar-refractivity contribution >= 4 is 17.7 Å². The van der Waals surface area contributed by atoms with Gasteiger partial charge in [0.2, 0.25) is 5.91 Å². The van der Waals surface area contributed by atoms with Crippen molar-refractivity contribution in [2.24, 2.45) is 5.92 Å². The number of amides is 1. The lowest BCUT2D eigenvalue weighted by atomic mass is 9.85. The Kier molecular flexibility index (Phi) is 4.93. The second-order valence-corrected chi connectivity index (χ2v) is 5.50. The molecule has 19 heavy (non-hydrogen) atoms. The zero-order chi connectivity index (χ0) is 13.7. The number of hydrogen-bond acceptors (Lipinski definition) is 4. The third-order valence-electron chi connectivity index (χ3n) is 3.87. The SMILES string of the molecule is O=C(CC(=O)N[C@@H]1CCOC1=O)CC1CCCCC1. The van der Waals surface area contributed by atoms with E-state index in [0.717, 1.165) is 12.8 Å². The molecule has 2 rings (SSSR count). The van der Waals surface area contributed by atoms with Gasteiger partial charge in [-0.15, -0.1) is 0 Å². The highest BCUT2D eigenvalue weighted by Crippen LogP contribution is 2.26. The maximum atomic E-state index is 11.8. The monoisotopic (exact) mass is 267 g/mol. The Morgan fingerprint density at radius 3 is 2.53 bits per heavy atom. The normalized spacial score (nSPS) is 24.0. The summed E-state index contributed by atoms with van der Waals surface area (Å²) in [5.74, 6) is -0.320. The van der Waals surface area contributed by atoms with Crippen molar-refractivity contribution in [2.75, 3.05) is 6.61 Å². The number of carbonyl (C=O) groups excluding carboxylic acids is 3. The first kappa shape index (κ1) is 14.0. The lowest BCUT2D eigenvalue weighted by molar-refractivity contribution is -0.142. The Balaban J connectivity index is 1.69. The van der Waals surface area contributed by atoms with E-state index >= 15 is 0 Å². The summed E-state index contributed by atoms with van der Waals surface area (Å²) in [6, 6.07) is -0.560. The van der Waals surface area contributed by atoms with Crippen LogP contribution in [-0.2, 0) is 19.1 Å². The van der Waals surface area contributed by atoms with Gasteiger partial charge in [0, 0.05) is 12.8 Å². The van der Waals surface area contributed by atoms with Crippen molar-refractivity contribution in [1.29, 1.82) is 0 Å². The van der Waals surface area contributed by atoms with Crippen LogP contribution in [0.5, 0.6) is 0 Å². The van der Waals surface area contributed by atoms with E-state index in [1.165, 1.54) is 19.3 Å². The molecule has 5 nitrogen and oxygen atoms in total. The van der Waals surface area contributed by atoms with E-state index in [9.17, 15) is 14.4 Å². The molecule has 1 aliphatic carbocycles. The Labute approximate surface area is 113 Å². The fourth-order valence-electron chi connectivity index (χ4n) is 2.84. The molecule has 1 N–H and O–H groups in total. The topological polar surface area (TPSA) is 72.5 Å². The number of rotatable bonds is 5. The van der Waals surface area contributed by atoms with Gasteiger partial charge in [0.05, 0.1) is 13.0 Å². The minimum absolute atomic E-state index is 0.0178. The van der Waals surface area contributed by atoms with Crippen LogP contribution in [-0.4, -0.2) is 30.3 Å². The summed E-state index contributed by atoms with van der Waals surface area (Å²) in [5, 5.41) is 2.56.